The van der Waals surface area contributed by atoms with Gasteiger partial charge in [0, 0.05) is 5.75 Å². The van der Waals surface area contributed by atoms with E-state index >= 15 is 0 Å². The molecule has 0 saturated carbocycles. The zero-order chi connectivity index (χ0) is 12.3. The van der Waals surface area contributed by atoms with Gasteiger partial charge in [-0.3, -0.25) is 4.79 Å². The highest BCUT2D eigenvalue weighted by Gasteiger charge is 2.39. The molecule has 0 bridgehead atoms. The summed E-state index contributed by atoms with van der Waals surface area (Å²) < 4.78 is 4.71. The molecule has 1 fully saturated rings. The molecule has 90 valence electrons. The molecule has 4 nitrogen and oxygen atoms in total. The van der Waals surface area contributed by atoms with Gasteiger partial charge >= 0.3 is 5.97 Å². The van der Waals surface area contributed by atoms with Crippen LogP contribution in [0, 0.1) is 5.92 Å². The van der Waals surface area contributed by atoms with Crippen molar-refractivity contribution in [3.63, 3.8) is 0 Å². The van der Waals surface area contributed by atoms with E-state index in [1.807, 2.05) is 30.3 Å². The Morgan fingerprint density at radius 2 is 2.18 bits per heavy atom. The SMILES string of the molecule is COC(=O)C1CSC(c2ccccc2)C1=NO. The highest BCUT2D eigenvalue weighted by atomic mass is 32.2. The van der Waals surface area contributed by atoms with Crippen LogP contribution in [0.2, 0.25) is 0 Å². The first-order valence-electron chi connectivity index (χ1n) is 5.24. The van der Waals surface area contributed by atoms with E-state index in [0.29, 0.717) is 11.5 Å². The van der Waals surface area contributed by atoms with Gasteiger partial charge < -0.3 is 9.94 Å². The number of carbonyl (C=O) groups is 1. The minimum atomic E-state index is -0.444. The van der Waals surface area contributed by atoms with Crippen LogP contribution in [0.3, 0.4) is 0 Å². The second-order valence-corrected chi connectivity index (χ2v) is 4.86. The first-order chi connectivity index (χ1) is 8.27. The van der Waals surface area contributed by atoms with Crippen molar-refractivity contribution in [2.75, 3.05) is 12.9 Å². The van der Waals surface area contributed by atoms with Gasteiger partial charge in [-0.05, 0) is 5.56 Å². The standard InChI is InChI=1S/C12H13NO3S/c1-16-12(14)9-7-17-11(10(9)13-15)8-5-3-2-4-6-8/h2-6,9,11,15H,7H2,1H3. The predicted molar refractivity (Wildman–Crippen MR) is 66.4 cm³/mol. The van der Waals surface area contributed by atoms with Gasteiger partial charge in [0.1, 0.15) is 5.92 Å². The number of methoxy groups -OCH3 is 1. The summed E-state index contributed by atoms with van der Waals surface area (Å²) in [6.45, 7) is 0. The van der Waals surface area contributed by atoms with E-state index in [0.717, 1.165) is 5.56 Å². The van der Waals surface area contributed by atoms with Crippen LogP contribution in [0.1, 0.15) is 10.8 Å². The van der Waals surface area contributed by atoms with Crippen LogP contribution in [0.5, 0.6) is 0 Å². The maximum absolute atomic E-state index is 11.5. The van der Waals surface area contributed by atoms with Crippen molar-refractivity contribution in [3.05, 3.63) is 35.9 Å². The molecular weight excluding hydrogens is 238 g/mol. The Morgan fingerprint density at radius 3 is 2.76 bits per heavy atom. The van der Waals surface area contributed by atoms with E-state index < -0.39 is 5.92 Å². The molecule has 0 spiro atoms. The number of ether oxygens (including phenoxy) is 1. The van der Waals surface area contributed by atoms with Crippen molar-refractivity contribution < 1.29 is 14.7 Å². The normalized spacial score (nSPS) is 26.1. The fourth-order valence-electron chi connectivity index (χ4n) is 1.89. The number of hydrogen-bond donors (Lipinski definition) is 1. The van der Waals surface area contributed by atoms with Gasteiger partial charge in [-0.1, -0.05) is 35.5 Å². The molecule has 0 amide bonds. The maximum Gasteiger partial charge on any atom is 0.315 e. The molecule has 0 radical (unpaired) electrons. The largest absolute Gasteiger partial charge is 0.468 e. The first-order valence-corrected chi connectivity index (χ1v) is 6.29. The van der Waals surface area contributed by atoms with Gasteiger partial charge in [0.15, 0.2) is 0 Å². The minimum Gasteiger partial charge on any atom is -0.468 e. The van der Waals surface area contributed by atoms with E-state index in [1.165, 1.54) is 7.11 Å². The second kappa shape index (κ2) is 5.23. The number of hydrogen-bond acceptors (Lipinski definition) is 5. The number of benzene rings is 1. The summed E-state index contributed by atoms with van der Waals surface area (Å²) in [4.78, 5) is 11.5. The van der Waals surface area contributed by atoms with Crippen LogP contribution < -0.4 is 0 Å². The first kappa shape index (κ1) is 12.0. The van der Waals surface area contributed by atoms with Crippen LogP contribution in [0.4, 0.5) is 0 Å². The molecule has 1 aliphatic rings. The number of esters is 1. The van der Waals surface area contributed by atoms with E-state index in [2.05, 4.69) is 5.16 Å². The van der Waals surface area contributed by atoms with Crippen LogP contribution in [0.25, 0.3) is 0 Å². The molecular formula is C12H13NO3S. The second-order valence-electron chi connectivity index (χ2n) is 3.72. The number of oxime groups is 1. The molecule has 2 rings (SSSR count). The Kier molecular flexibility index (Phi) is 3.68. The van der Waals surface area contributed by atoms with Gasteiger partial charge in [0.05, 0.1) is 18.1 Å². The van der Waals surface area contributed by atoms with Crippen molar-refractivity contribution in [1.82, 2.24) is 0 Å². The Morgan fingerprint density at radius 1 is 1.47 bits per heavy atom. The summed E-state index contributed by atoms with van der Waals surface area (Å²) in [6.07, 6.45) is 0. The summed E-state index contributed by atoms with van der Waals surface area (Å²) in [5.74, 6) is -0.199. The van der Waals surface area contributed by atoms with E-state index in [4.69, 9.17) is 9.94 Å². The van der Waals surface area contributed by atoms with Crippen molar-refractivity contribution in [1.29, 1.82) is 0 Å². The zero-order valence-electron chi connectivity index (χ0n) is 9.37. The Labute approximate surface area is 104 Å². The van der Waals surface area contributed by atoms with Crippen LogP contribution >= 0.6 is 11.8 Å². The predicted octanol–water partition coefficient (Wildman–Crippen LogP) is 2.09. The summed E-state index contributed by atoms with van der Waals surface area (Å²) in [5, 5.41) is 12.3. The summed E-state index contributed by atoms with van der Waals surface area (Å²) >= 11 is 1.59. The van der Waals surface area contributed by atoms with Crippen LogP contribution in [0.15, 0.2) is 35.5 Å². The third kappa shape index (κ3) is 2.29. The molecule has 1 aromatic rings. The fraction of sp³-hybridized carbons (Fsp3) is 0.333. The summed E-state index contributed by atoms with van der Waals surface area (Å²) in [6, 6.07) is 9.70. The van der Waals surface area contributed by atoms with Gasteiger partial charge in [0.2, 0.25) is 0 Å². The average Bonchev–Trinajstić information content (AvgIpc) is 2.82. The highest BCUT2D eigenvalue weighted by molar-refractivity contribution is 8.00. The lowest BCUT2D eigenvalue weighted by Crippen LogP contribution is -2.24. The zero-order valence-corrected chi connectivity index (χ0v) is 10.2. The molecule has 0 aromatic heterocycles. The van der Waals surface area contributed by atoms with Crippen molar-refractivity contribution in [2.45, 2.75) is 5.25 Å². The van der Waals surface area contributed by atoms with Crippen LogP contribution in [-0.4, -0.2) is 29.8 Å². The van der Waals surface area contributed by atoms with Crippen molar-refractivity contribution >= 4 is 23.4 Å². The molecule has 1 heterocycles. The third-order valence-corrected chi connectivity index (χ3v) is 4.13. The van der Waals surface area contributed by atoms with Gasteiger partial charge in [-0.15, -0.1) is 11.8 Å². The lowest BCUT2D eigenvalue weighted by atomic mass is 9.98. The van der Waals surface area contributed by atoms with Crippen LogP contribution in [-0.2, 0) is 9.53 Å². The minimum absolute atomic E-state index is 0.0645. The third-order valence-electron chi connectivity index (χ3n) is 2.76. The number of nitrogens with zero attached hydrogens (tertiary/aromatic N) is 1. The number of thioether (sulfide) groups is 1. The molecule has 1 aliphatic heterocycles. The van der Waals surface area contributed by atoms with E-state index in [1.54, 1.807) is 11.8 Å². The molecule has 1 aromatic carbocycles. The van der Waals surface area contributed by atoms with Gasteiger partial charge in [-0.2, -0.15) is 0 Å². The smallest absolute Gasteiger partial charge is 0.315 e. The molecule has 5 heteroatoms. The quantitative estimate of drug-likeness (QED) is 0.497. The number of rotatable bonds is 2. The van der Waals surface area contributed by atoms with E-state index in [9.17, 15) is 4.79 Å². The van der Waals surface area contributed by atoms with E-state index in [-0.39, 0.29) is 11.2 Å². The topological polar surface area (TPSA) is 58.9 Å². The number of carbonyl (C=O) groups excluding carboxylic acids is 1. The Balaban J connectivity index is 2.25. The monoisotopic (exact) mass is 251 g/mol. The molecule has 17 heavy (non-hydrogen) atoms. The van der Waals surface area contributed by atoms with Gasteiger partial charge in [-0.25, -0.2) is 0 Å². The molecule has 1 saturated heterocycles. The molecule has 2 unspecified atom stereocenters. The lowest BCUT2D eigenvalue weighted by molar-refractivity contribution is -0.142. The molecule has 0 aliphatic carbocycles. The van der Waals surface area contributed by atoms with Crippen molar-refractivity contribution in [2.24, 2.45) is 11.1 Å². The maximum atomic E-state index is 11.5. The Bertz CT molecular complexity index is 433. The van der Waals surface area contributed by atoms with Gasteiger partial charge in [0.25, 0.3) is 0 Å². The Hall–Kier alpha value is -1.49. The lowest BCUT2D eigenvalue weighted by Gasteiger charge is -2.11. The summed E-state index contributed by atoms with van der Waals surface area (Å²) in [7, 11) is 1.35. The van der Waals surface area contributed by atoms with Crippen molar-refractivity contribution in [3.8, 4) is 0 Å². The molecule has 2 atom stereocenters. The highest BCUT2D eigenvalue weighted by Crippen LogP contribution is 2.41. The average molecular weight is 251 g/mol. The summed E-state index contributed by atoms with van der Waals surface area (Å²) in [5.41, 5.74) is 1.52. The molecule has 1 N–H and O–H groups in total. The fourth-order valence-corrected chi connectivity index (χ4v) is 3.32.